The molecular weight excluding hydrogens is 268 g/mol. The van der Waals surface area contributed by atoms with E-state index >= 15 is 0 Å². The number of aromatic nitrogens is 1. The van der Waals surface area contributed by atoms with Crippen LogP contribution in [0.1, 0.15) is 26.7 Å². The average molecular weight is 287 g/mol. The first-order valence-electron chi connectivity index (χ1n) is 5.70. The normalized spacial score (nSPS) is 12.8. The van der Waals surface area contributed by atoms with Gasteiger partial charge in [0.15, 0.2) is 0 Å². The summed E-state index contributed by atoms with van der Waals surface area (Å²) in [6.07, 6.45) is 3.45. The highest BCUT2D eigenvalue weighted by Crippen LogP contribution is 2.14. The number of nitrogens with zero attached hydrogens (tertiary/aromatic N) is 1. The molecule has 1 unspecified atom stereocenters. The van der Waals surface area contributed by atoms with E-state index in [2.05, 4.69) is 40.1 Å². The van der Waals surface area contributed by atoms with Gasteiger partial charge in [-0.05, 0) is 34.0 Å². The standard InChI is InChI=1S/C12H19BrN2O/c1-3-9(4-2)11(16)8-15-12-6-5-10(13)7-14-12/h5-7,9,11,16H,3-4,8H2,1-2H3,(H,14,15). The number of pyridine rings is 1. The smallest absolute Gasteiger partial charge is 0.126 e. The highest BCUT2D eigenvalue weighted by atomic mass is 79.9. The zero-order valence-corrected chi connectivity index (χ0v) is 11.4. The molecule has 0 spiro atoms. The van der Waals surface area contributed by atoms with Crippen LogP contribution in [0.2, 0.25) is 0 Å². The van der Waals surface area contributed by atoms with Crippen LogP contribution in [0.5, 0.6) is 0 Å². The molecule has 1 heterocycles. The van der Waals surface area contributed by atoms with Crippen LogP contribution in [0.4, 0.5) is 5.82 Å². The molecule has 3 nitrogen and oxygen atoms in total. The van der Waals surface area contributed by atoms with Gasteiger partial charge in [-0.25, -0.2) is 4.98 Å². The molecule has 0 radical (unpaired) electrons. The predicted octanol–water partition coefficient (Wildman–Crippen LogP) is 3.05. The molecule has 0 aliphatic heterocycles. The number of rotatable bonds is 6. The Kier molecular flexibility index (Phi) is 5.77. The van der Waals surface area contributed by atoms with E-state index in [-0.39, 0.29) is 6.10 Å². The summed E-state index contributed by atoms with van der Waals surface area (Å²) >= 11 is 3.33. The van der Waals surface area contributed by atoms with Crippen molar-refractivity contribution in [1.82, 2.24) is 4.98 Å². The summed E-state index contributed by atoms with van der Waals surface area (Å²) in [6.45, 7) is 4.77. The van der Waals surface area contributed by atoms with Gasteiger partial charge < -0.3 is 10.4 Å². The largest absolute Gasteiger partial charge is 0.391 e. The van der Waals surface area contributed by atoms with Crippen LogP contribution >= 0.6 is 15.9 Å². The zero-order chi connectivity index (χ0) is 12.0. The van der Waals surface area contributed by atoms with Crippen molar-refractivity contribution in [2.75, 3.05) is 11.9 Å². The Hall–Kier alpha value is -0.610. The van der Waals surface area contributed by atoms with E-state index in [1.54, 1.807) is 6.20 Å². The van der Waals surface area contributed by atoms with Gasteiger partial charge in [0.05, 0.1) is 6.10 Å². The minimum atomic E-state index is -0.305. The second-order valence-corrected chi connectivity index (χ2v) is 4.80. The Morgan fingerprint density at radius 3 is 2.56 bits per heavy atom. The van der Waals surface area contributed by atoms with Gasteiger partial charge in [-0.1, -0.05) is 26.7 Å². The average Bonchev–Trinajstić information content (AvgIpc) is 2.30. The number of aliphatic hydroxyl groups is 1. The zero-order valence-electron chi connectivity index (χ0n) is 9.78. The lowest BCUT2D eigenvalue weighted by atomic mass is 9.97. The summed E-state index contributed by atoms with van der Waals surface area (Å²) in [4.78, 5) is 4.19. The van der Waals surface area contributed by atoms with Crippen molar-refractivity contribution in [1.29, 1.82) is 0 Å². The van der Waals surface area contributed by atoms with Gasteiger partial charge in [0.2, 0.25) is 0 Å². The summed E-state index contributed by atoms with van der Waals surface area (Å²) < 4.78 is 0.957. The molecule has 0 fully saturated rings. The Balaban J connectivity index is 2.42. The molecule has 1 aromatic heterocycles. The lowest BCUT2D eigenvalue weighted by molar-refractivity contribution is 0.114. The molecule has 1 rings (SSSR count). The fraction of sp³-hybridized carbons (Fsp3) is 0.583. The van der Waals surface area contributed by atoms with Gasteiger partial charge >= 0.3 is 0 Å². The quantitative estimate of drug-likeness (QED) is 0.845. The minimum Gasteiger partial charge on any atom is -0.391 e. The molecule has 2 N–H and O–H groups in total. The molecule has 1 atom stereocenters. The molecule has 1 aromatic rings. The highest BCUT2D eigenvalue weighted by molar-refractivity contribution is 9.10. The Bertz CT molecular complexity index is 298. The Morgan fingerprint density at radius 1 is 1.38 bits per heavy atom. The van der Waals surface area contributed by atoms with Crippen LogP contribution in [-0.4, -0.2) is 22.7 Å². The van der Waals surface area contributed by atoms with E-state index < -0.39 is 0 Å². The second-order valence-electron chi connectivity index (χ2n) is 3.89. The molecule has 0 aliphatic rings. The maximum absolute atomic E-state index is 9.93. The van der Waals surface area contributed by atoms with E-state index in [1.165, 1.54) is 0 Å². The fourth-order valence-corrected chi connectivity index (χ4v) is 1.92. The summed E-state index contributed by atoms with van der Waals surface area (Å²) in [5.41, 5.74) is 0. The van der Waals surface area contributed by atoms with Crippen LogP contribution in [0.3, 0.4) is 0 Å². The monoisotopic (exact) mass is 286 g/mol. The summed E-state index contributed by atoms with van der Waals surface area (Å²) in [5, 5.41) is 13.1. The van der Waals surface area contributed by atoms with Crippen LogP contribution in [-0.2, 0) is 0 Å². The van der Waals surface area contributed by atoms with Gasteiger partial charge in [0, 0.05) is 17.2 Å². The van der Waals surface area contributed by atoms with Crippen molar-refractivity contribution in [3.8, 4) is 0 Å². The van der Waals surface area contributed by atoms with E-state index in [0.717, 1.165) is 23.1 Å². The van der Waals surface area contributed by atoms with Crippen molar-refractivity contribution in [2.24, 2.45) is 5.92 Å². The predicted molar refractivity (Wildman–Crippen MR) is 70.5 cm³/mol. The maximum Gasteiger partial charge on any atom is 0.126 e. The van der Waals surface area contributed by atoms with E-state index in [0.29, 0.717) is 12.5 Å². The number of hydrogen-bond donors (Lipinski definition) is 2. The molecule has 0 amide bonds. The lowest BCUT2D eigenvalue weighted by Gasteiger charge is -2.20. The second kappa shape index (κ2) is 6.86. The van der Waals surface area contributed by atoms with Gasteiger partial charge in [-0.15, -0.1) is 0 Å². The van der Waals surface area contributed by atoms with Gasteiger partial charge in [0.1, 0.15) is 5.82 Å². The van der Waals surface area contributed by atoms with Crippen LogP contribution in [0.25, 0.3) is 0 Å². The third-order valence-corrected chi connectivity index (χ3v) is 3.28. The molecule has 0 aromatic carbocycles. The summed E-state index contributed by atoms with van der Waals surface area (Å²) in [7, 11) is 0. The summed E-state index contributed by atoms with van der Waals surface area (Å²) in [6, 6.07) is 3.82. The van der Waals surface area contributed by atoms with Crippen LogP contribution in [0, 0.1) is 5.92 Å². The van der Waals surface area contributed by atoms with E-state index in [4.69, 9.17) is 0 Å². The Labute approximate surface area is 105 Å². The van der Waals surface area contributed by atoms with Crippen molar-refractivity contribution < 1.29 is 5.11 Å². The number of hydrogen-bond acceptors (Lipinski definition) is 3. The molecule has 0 saturated carbocycles. The highest BCUT2D eigenvalue weighted by Gasteiger charge is 2.14. The fourth-order valence-electron chi connectivity index (χ4n) is 1.69. The van der Waals surface area contributed by atoms with E-state index in [9.17, 15) is 5.11 Å². The maximum atomic E-state index is 9.93. The summed E-state index contributed by atoms with van der Waals surface area (Å²) in [5.74, 6) is 1.16. The minimum absolute atomic E-state index is 0.305. The number of anilines is 1. The molecule has 0 saturated heterocycles. The van der Waals surface area contributed by atoms with Crippen molar-refractivity contribution in [3.63, 3.8) is 0 Å². The van der Waals surface area contributed by atoms with Crippen molar-refractivity contribution in [2.45, 2.75) is 32.8 Å². The molecule has 4 heteroatoms. The van der Waals surface area contributed by atoms with Crippen LogP contribution < -0.4 is 5.32 Å². The van der Waals surface area contributed by atoms with Crippen molar-refractivity contribution >= 4 is 21.7 Å². The molecule has 16 heavy (non-hydrogen) atoms. The first-order valence-corrected chi connectivity index (χ1v) is 6.50. The third-order valence-electron chi connectivity index (χ3n) is 2.81. The molecule has 0 aliphatic carbocycles. The van der Waals surface area contributed by atoms with Gasteiger partial charge in [-0.3, -0.25) is 0 Å². The lowest BCUT2D eigenvalue weighted by Crippen LogP contribution is -2.27. The number of nitrogens with one attached hydrogen (secondary N) is 1. The van der Waals surface area contributed by atoms with Crippen LogP contribution in [0.15, 0.2) is 22.8 Å². The SMILES string of the molecule is CCC(CC)C(O)CNc1ccc(Br)cn1. The topological polar surface area (TPSA) is 45.1 Å². The van der Waals surface area contributed by atoms with Gasteiger partial charge in [0.25, 0.3) is 0 Å². The Morgan fingerprint density at radius 2 is 2.06 bits per heavy atom. The third kappa shape index (κ3) is 4.10. The molecule has 90 valence electrons. The first-order chi connectivity index (χ1) is 7.67. The first kappa shape index (κ1) is 13.5. The van der Waals surface area contributed by atoms with E-state index in [1.807, 2.05) is 12.1 Å². The number of halogens is 1. The molecule has 0 bridgehead atoms. The molecular formula is C12H19BrN2O. The van der Waals surface area contributed by atoms with Crippen molar-refractivity contribution in [3.05, 3.63) is 22.8 Å². The van der Waals surface area contributed by atoms with Gasteiger partial charge in [-0.2, -0.15) is 0 Å². The number of aliphatic hydroxyl groups excluding tert-OH is 1.